The third-order valence-electron chi connectivity index (χ3n) is 3.38. The van der Waals surface area contributed by atoms with E-state index in [0.717, 1.165) is 27.4 Å². The Morgan fingerprint density at radius 2 is 2.11 bits per heavy atom. The fourth-order valence-electron chi connectivity index (χ4n) is 2.34. The highest BCUT2D eigenvalue weighted by Gasteiger charge is 2.30. The van der Waals surface area contributed by atoms with E-state index < -0.39 is 0 Å². The lowest BCUT2D eigenvalue weighted by molar-refractivity contribution is 0.646. The quantitative estimate of drug-likeness (QED) is 0.937. The van der Waals surface area contributed by atoms with Crippen LogP contribution in [0.4, 0.5) is 5.82 Å². The maximum absolute atomic E-state index is 6.32. The van der Waals surface area contributed by atoms with Crippen LogP contribution < -0.4 is 5.73 Å². The Kier molecular flexibility index (Phi) is 3.09. The van der Waals surface area contributed by atoms with Gasteiger partial charge in [-0.2, -0.15) is 0 Å². The molecule has 0 saturated heterocycles. The Bertz CT molecular complexity index is 614. The summed E-state index contributed by atoms with van der Waals surface area (Å²) >= 11 is 3.44. The van der Waals surface area contributed by atoms with Crippen molar-refractivity contribution in [3.63, 3.8) is 0 Å². The molecule has 19 heavy (non-hydrogen) atoms. The van der Waals surface area contributed by atoms with Gasteiger partial charge >= 0.3 is 0 Å². The van der Waals surface area contributed by atoms with Gasteiger partial charge in [0, 0.05) is 34.4 Å². The summed E-state index contributed by atoms with van der Waals surface area (Å²) in [5.41, 5.74) is 8.14. The molecule has 1 aliphatic carbocycles. The van der Waals surface area contributed by atoms with Crippen LogP contribution in [0.1, 0.15) is 44.5 Å². The molecular weight excluding hydrogens is 304 g/mol. The average Bonchev–Trinajstić information content (AvgIpc) is 3.12. The van der Waals surface area contributed by atoms with Gasteiger partial charge in [0.05, 0.1) is 0 Å². The van der Waals surface area contributed by atoms with E-state index in [4.69, 9.17) is 10.7 Å². The van der Waals surface area contributed by atoms with Gasteiger partial charge in [0.1, 0.15) is 17.3 Å². The molecule has 1 saturated carbocycles. The van der Waals surface area contributed by atoms with E-state index >= 15 is 0 Å². The van der Waals surface area contributed by atoms with Crippen molar-refractivity contribution in [2.75, 3.05) is 5.73 Å². The van der Waals surface area contributed by atoms with Crippen molar-refractivity contribution in [1.29, 1.82) is 0 Å². The van der Waals surface area contributed by atoms with Crippen molar-refractivity contribution in [3.05, 3.63) is 28.8 Å². The number of anilines is 1. The minimum atomic E-state index is 0.372. The van der Waals surface area contributed by atoms with Gasteiger partial charge in [-0.05, 0) is 34.8 Å². The second kappa shape index (κ2) is 4.63. The molecule has 0 aliphatic heterocycles. The second-order valence-electron chi connectivity index (χ2n) is 5.35. The molecule has 2 N–H and O–H groups in total. The predicted molar refractivity (Wildman–Crippen MR) is 79.9 cm³/mol. The molecule has 0 bridgehead atoms. The third kappa shape index (κ3) is 2.27. The molecule has 3 rings (SSSR count). The Hall–Kier alpha value is -1.36. The number of nitrogens with two attached hydrogens (primary N) is 1. The minimum Gasteiger partial charge on any atom is -0.383 e. The molecular formula is C14H17BrN4. The summed E-state index contributed by atoms with van der Waals surface area (Å²) in [4.78, 5) is 8.95. The summed E-state index contributed by atoms with van der Waals surface area (Å²) < 4.78 is 3.15. The van der Waals surface area contributed by atoms with Crippen LogP contribution in [-0.2, 0) is 0 Å². The first-order valence-electron chi connectivity index (χ1n) is 6.56. The number of hydrogen-bond donors (Lipinski definition) is 1. The summed E-state index contributed by atoms with van der Waals surface area (Å²) in [6.45, 7) is 4.31. The zero-order valence-electron chi connectivity index (χ0n) is 11.1. The van der Waals surface area contributed by atoms with E-state index in [1.807, 2.05) is 12.3 Å². The normalized spacial score (nSPS) is 15.2. The molecule has 2 heterocycles. The molecule has 0 amide bonds. The minimum absolute atomic E-state index is 0.372. The standard InChI is InChI=1S/C14H17BrN4/c1-8(2)14-18-12(9-5-10(15)7-17-6-9)13(16)19(14)11-3-4-11/h5-8,11H,3-4,16H2,1-2H3. The zero-order chi connectivity index (χ0) is 13.6. The molecule has 0 unspecified atom stereocenters. The highest BCUT2D eigenvalue weighted by atomic mass is 79.9. The van der Waals surface area contributed by atoms with E-state index in [2.05, 4.69) is 39.3 Å². The number of nitrogen functional groups attached to an aromatic ring is 1. The first kappa shape index (κ1) is 12.7. The van der Waals surface area contributed by atoms with Crippen LogP contribution >= 0.6 is 15.9 Å². The van der Waals surface area contributed by atoms with E-state index in [1.165, 1.54) is 12.8 Å². The Balaban J connectivity index is 2.14. The van der Waals surface area contributed by atoms with E-state index in [1.54, 1.807) is 6.20 Å². The Morgan fingerprint density at radius 1 is 1.37 bits per heavy atom. The Labute approximate surface area is 121 Å². The smallest absolute Gasteiger partial charge is 0.132 e. The molecule has 0 radical (unpaired) electrons. The average molecular weight is 321 g/mol. The fourth-order valence-corrected chi connectivity index (χ4v) is 2.71. The van der Waals surface area contributed by atoms with Crippen LogP contribution in [0.5, 0.6) is 0 Å². The van der Waals surface area contributed by atoms with Crippen molar-refractivity contribution in [3.8, 4) is 11.3 Å². The van der Waals surface area contributed by atoms with E-state index in [-0.39, 0.29) is 0 Å². The maximum atomic E-state index is 6.32. The lowest BCUT2D eigenvalue weighted by Gasteiger charge is -2.10. The van der Waals surface area contributed by atoms with Gasteiger partial charge in [-0.3, -0.25) is 4.98 Å². The molecule has 100 valence electrons. The molecule has 0 aromatic carbocycles. The first-order chi connectivity index (χ1) is 9.08. The Morgan fingerprint density at radius 3 is 2.68 bits per heavy atom. The monoisotopic (exact) mass is 320 g/mol. The molecule has 0 atom stereocenters. The maximum Gasteiger partial charge on any atom is 0.132 e. The lowest BCUT2D eigenvalue weighted by atomic mass is 10.2. The second-order valence-corrected chi connectivity index (χ2v) is 6.27. The van der Waals surface area contributed by atoms with Crippen molar-refractivity contribution in [2.24, 2.45) is 0 Å². The van der Waals surface area contributed by atoms with Gasteiger partial charge in [-0.25, -0.2) is 4.98 Å². The van der Waals surface area contributed by atoms with Gasteiger partial charge in [-0.1, -0.05) is 13.8 Å². The molecule has 5 heteroatoms. The van der Waals surface area contributed by atoms with Crippen LogP contribution in [0.3, 0.4) is 0 Å². The molecule has 2 aromatic heterocycles. The lowest BCUT2D eigenvalue weighted by Crippen LogP contribution is -2.06. The van der Waals surface area contributed by atoms with Gasteiger partial charge in [0.15, 0.2) is 0 Å². The van der Waals surface area contributed by atoms with Crippen LogP contribution in [0.15, 0.2) is 22.9 Å². The largest absolute Gasteiger partial charge is 0.383 e. The van der Waals surface area contributed by atoms with Crippen LogP contribution in [0.25, 0.3) is 11.3 Å². The fraction of sp³-hybridized carbons (Fsp3) is 0.429. The number of rotatable bonds is 3. The van der Waals surface area contributed by atoms with Gasteiger partial charge < -0.3 is 10.3 Å². The predicted octanol–water partition coefficient (Wildman–Crippen LogP) is 3.75. The van der Waals surface area contributed by atoms with Crippen LogP contribution in [0, 0.1) is 0 Å². The number of pyridine rings is 1. The number of nitrogens with zero attached hydrogens (tertiary/aromatic N) is 3. The summed E-state index contributed by atoms with van der Waals surface area (Å²) in [6, 6.07) is 2.55. The van der Waals surface area contributed by atoms with Gasteiger partial charge in [0.25, 0.3) is 0 Å². The first-order valence-corrected chi connectivity index (χ1v) is 7.35. The van der Waals surface area contributed by atoms with E-state index in [9.17, 15) is 0 Å². The number of hydrogen-bond acceptors (Lipinski definition) is 3. The zero-order valence-corrected chi connectivity index (χ0v) is 12.7. The van der Waals surface area contributed by atoms with Gasteiger partial charge in [-0.15, -0.1) is 0 Å². The summed E-state index contributed by atoms with van der Waals surface area (Å²) in [5.74, 6) is 2.22. The van der Waals surface area contributed by atoms with Crippen molar-refractivity contribution in [2.45, 2.75) is 38.6 Å². The molecule has 1 fully saturated rings. The number of aromatic nitrogens is 3. The van der Waals surface area contributed by atoms with Crippen molar-refractivity contribution < 1.29 is 0 Å². The molecule has 2 aromatic rings. The van der Waals surface area contributed by atoms with Gasteiger partial charge in [0.2, 0.25) is 0 Å². The number of imidazole rings is 1. The van der Waals surface area contributed by atoms with Crippen LogP contribution in [0.2, 0.25) is 0 Å². The summed E-state index contributed by atoms with van der Waals surface area (Å²) in [7, 11) is 0. The summed E-state index contributed by atoms with van der Waals surface area (Å²) in [6.07, 6.45) is 5.98. The SMILES string of the molecule is CC(C)c1nc(-c2cncc(Br)c2)c(N)n1C1CC1. The third-order valence-corrected chi connectivity index (χ3v) is 3.82. The van der Waals surface area contributed by atoms with E-state index in [0.29, 0.717) is 12.0 Å². The van der Waals surface area contributed by atoms with Crippen molar-refractivity contribution >= 4 is 21.7 Å². The topological polar surface area (TPSA) is 56.7 Å². The highest BCUT2D eigenvalue weighted by molar-refractivity contribution is 9.10. The van der Waals surface area contributed by atoms with Crippen LogP contribution in [-0.4, -0.2) is 14.5 Å². The summed E-state index contributed by atoms with van der Waals surface area (Å²) in [5, 5.41) is 0. The molecule has 0 spiro atoms. The molecule has 4 nitrogen and oxygen atoms in total. The van der Waals surface area contributed by atoms with Crippen molar-refractivity contribution in [1.82, 2.24) is 14.5 Å². The molecule has 1 aliphatic rings. The number of halogens is 1. The highest BCUT2D eigenvalue weighted by Crippen LogP contribution is 2.42.